The minimum absolute atomic E-state index is 0.00203. The second kappa shape index (κ2) is 6.33. The number of rotatable bonds is 3. The number of hydrogen-bond donors (Lipinski definition) is 1. The number of nitrogens with one attached hydrogen (secondary N) is 1. The van der Waals surface area contributed by atoms with Crippen LogP contribution >= 0.6 is 0 Å². The Hall–Kier alpha value is -1.78. The van der Waals surface area contributed by atoms with Crippen LogP contribution < -0.4 is 5.32 Å². The number of piperidine rings is 1. The summed E-state index contributed by atoms with van der Waals surface area (Å²) in [4.78, 5) is 26.4. The van der Waals surface area contributed by atoms with Gasteiger partial charge in [0.15, 0.2) is 0 Å². The molecule has 0 radical (unpaired) electrons. The van der Waals surface area contributed by atoms with Gasteiger partial charge in [-0.3, -0.25) is 9.59 Å². The third kappa shape index (κ3) is 4.09. The molecule has 1 N–H and O–H groups in total. The van der Waals surface area contributed by atoms with E-state index in [1.54, 1.807) is 12.3 Å². The lowest BCUT2D eigenvalue weighted by atomic mass is 9.91. The van der Waals surface area contributed by atoms with Gasteiger partial charge in [0.2, 0.25) is 11.8 Å². The molecule has 21 heavy (non-hydrogen) atoms. The van der Waals surface area contributed by atoms with Crippen LogP contribution in [0.25, 0.3) is 0 Å². The number of nitrogens with zero attached hydrogens (tertiary/aromatic N) is 1. The third-order valence-electron chi connectivity index (χ3n) is 3.74. The van der Waals surface area contributed by atoms with Gasteiger partial charge in [0, 0.05) is 18.5 Å². The minimum Gasteiger partial charge on any atom is -0.467 e. The molecule has 1 aliphatic rings. The van der Waals surface area contributed by atoms with Crippen molar-refractivity contribution in [2.45, 2.75) is 40.2 Å². The standard InChI is InChI=1S/C16H24N2O3/c1-16(2,3)15(20)18-8-4-6-12(11-18)14(19)17-10-13-7-5-9-21-13/h5,7,9,12H,4,6,8,10-11H2,1-3H3,(H,17,19)/t12-/m1/s1. The average Bonchev–Trinajstić information content (AvgIpc) is 2.96. The van der Waals surface area contributed by atoms with Gasteiger partial charge in [-0.2, -0.15) is 0 Å². The van der Waals surface area contributed by atoms with E-state index in [9.17, 15) is 9.59 Å². The van der Waals surface area contributed by atoms with E-state index >= 15 is 0 Å². The third-order valence-corrected chi connectivity index (χ3v) is 3.74. The van der Waals surface area contributed by atoms with E-state index in [1.807, 2.05) is 31.7 Å². The smallest absolute Gasteiger partial charge is 0.227 e. The molecule has 116 valence electrons. The van der Waals surface area contributed by atoms with Gasteiger partial charge >= 0.3 is 0 Å². The average molecular weight is 292 g/mol. The lowest BCUT2D eigenvalue weighted by molar-refractivity contribution is -0.142. The highest BCUT2D eigenvalue weighted by Gasteiger charge is 2.33. The Morgan fingerprint density at radius 3 is 2.81 bits per heavy atom. The second-order valence-corrected chi connectivity index (χ2v) is 6.64. The zero-order valence-corrected chi connectivity index (χ0v) is 13.0. The first-order valence-corrected chi connectivity index (χ1v) is 7.47. The highest BCUT2D eigenvalue weighted by atomic mass is 16.3. The maximum absolute atomic E-state index is 12.3. The fourth-order valence-electron chi connectivity index (χ4n) is 2.58. The quantitative estimate of drug-likeness (QED) is 0.928. The Morgan fingerprint density at radius 1 is 1.43 bits per heavy atom. The van der Waals surface area contributed by atoms with Gasteiger partial charge in [-0.25, -0.2) is 0 Å². The van der Waals surface area contributed by atoms with E-state index in [2.05, 4.69) is 5.32 Å². The van der Waals surface area contributed by atoms with E-state index in [4.69, 9.17) is 4.42 Å². The molecule has 2 rings (SSSR count). The van der Waals surface area contributed by atoms with E-state index < -0.39 is 5.41 Å². The van der Waals surface area contributed by atoms with Crippen LogP contribution in [0.5, 0.6) is 0 Å². The molecule has 2 heterocycles. The summed E-state index contributed by atoms with van der Waals surface area (Å²) in [6, 6.07) is 3.63. The van der Waals surface area contributed by atoms with Gasteiger partial charge in [0.05, 0.1) is 18.7 Å². The molecule has 0 aliphatic carbocycles. The summed E-state index contributed by atoms with van der Waals surface area (Å²) in [7, 11) is 0. The first-order chi connectivity index (χ1) is 9.88. The van der Waals surface area contributed by atoms with Crippen LogP contribution in [-0.4, -0.2) is 29.8 Å². The number of carbonyl (C=O) groups excluding carboxylic acids is 2. The van der Waals surface area contributed by atoms with Gasteiger partial charge < -0.3 is 14.6 Å². The van der Waals surface area contributed by atoms with Crippen LogP contribution in [-0.2, 0) is 16.1 Å². The lowest BCUT2D eigenvalue weighted by Gasteiger charge is -2.35. The monoisotopic (exact) mass is 292 g/mol. The van der Waals surface area contributed by atoms with Crippen LogP contribution in [0.15, 0.2) is 22.8 Å². The minimum atomic E-state index is -0.396. The summed E-state index contributed by atoms with van der Waals surface area (Å²) >= 11 is 0. The molecule has 0 spiro atoms. The number of hydrogen-bond acceptors (Lipinski definition) is 3. The number of amides is 2. The first-order valence-electron chi connectivity index (χ1n) is 7.47. The Balaban J connectivity index is 1.88. The fraction of sp³-hybridized carbons (Fsp3) is 0.625. The van der Waals surface area contributed by atoms with Crippen molar-refractivity contribution >= 4 is 11.8 Å². The Labute approximate surface area is 125 Å². The molecular weight excluding hydrogens is 268 g/mol. The predicted molar refractivity (Wildman–Crippen MR) is 79.3 cm³/mol. The topological polar surface area (TPSA) is 62.6 Å². The van der Waals surface area contributed by atoms with Gasteiger partial charge in [-0.05, 0) is 25.0 Å². The van der Waals surface area contributed by atoms with Crippen molar-refractivity contribution in [3.8, 4) is 0 Å². The van der Waals surface area contributed by atoms with Crippen molar-refractivity contribution in [1.82, 2.24) is 10.2 Å². The number of likely N-dealkylation sites (tertiary alicyclic amines) is 1. The van der Waals surface area contributed by atoms with Crippen molar-refractivity contribution in [2.24, 2.45) is 11.3 Å². The lowest BCUT2D eigenvalue weighted by Crippen LogP contribution is -2.48. The molecule has 1 saturated heterocycles. The molecule has 1 fully saturated rings. The summed E-state index contributed by atoms with van der Waals surface area (Å²) in [5, 5.41) is 2.88. The molecule has 0 unspecified atom stereocenters. The van der Waals surface area contributed by atoms with Crippen LogP contribution in [0.4, 0.5) is 0 Å². The molecule has 5 heteroatoms. The largest absolute Gasteiger partial charge is 0.467 e. The van der Waals surface area contributed by atoms with E-state index in [-0.39, 0.29) is 17.7 Å². The predicted octanol–water partition coefficient (Wildman–Crippen LogP) is 2.18. The fourth-order valence-corrected chi connectivity index (χ4v) is 2.58. The van der Waals surface area contributed by atoms with Gasteiger partial charge in [-0.15, -0.1) is 0 Å². The highest BCUT2D eigenvalue weighted by molar-refractivity contribution is 5.83. The van der Waals surface area contributed by atoms with Crippen molar-refractivity contribution in [2.75, 3.05) is 13.1 Å². The van der Waals surface area contributed by atoms with Gasteiger partial charge in [0.1, 0.15) is 5.76 Å². The van der Waals surface area contributed by atoms with E-state index in [0.29, 0.717) is 13.1 Å². The van der Waals surface area contributed by atoms with Gasteiger partial charge in [-0.1, -0.05) is 20.8 Å². The zero-order chi connectivity index (χ0) is 15.5. The summed E-state index contributed by atoms with van der Waals surface area (Å²) < 4.78 is 5.20. The highest BCUT2D eigenvalue weighted by Crippen LogP contribution is 2.23. The van der Waals surface area contributed by atoms with Crippen molar-refractivity contribution in [1.29, 1.82) is 0 Å². The molecule has 0 saturated carbocycles. The molecule has 1 atom stereocenters. The Morgan fingerprint density at radius 2 is 2.19 bits per heavy atom. The summed E-state index contributed by atoms with van der Waals surface area (Å²) in [5.74, 6) is 0.727. The van der Waals surface area contributed by atoms with Crippen LogP contribution in [0.1, 0.15) is 39.4 Å². The molecule has 0 bridgehead atoms. The van der Waals surface area contributed by atoms with Crippen molar-refractivity contribution in [3.63, 3.8) is 0 Å². The molecular formula is C16H24N2O3. The van der Waals surface area contributed by atoms with Crippen LogP contribution in [0.3, 0.4) is 0 Å². The molecule has 5 nitrogen and oxygen atoms in total. The maximum Gasteiger partial charge on any atom is 0.227 e. The van der Waals surface area contributed by atoms with Crippen molar-refractivity contribution < 1.29 is 14.0 Å². The van der Waals surface area contributed by atoms with E-state index in [0.717, 1.165) is 25.1 Å². The maximum atomic E-state index is 12.3. The van der Waals surface area contributed by atoms with Crippen molar-refractivity contribution in [3.05, 3.63) is 24.2 Å². The SMILES string of the molecule is CC(C)(C)C(=O)N1CCC[C@@H](C(=O)NCc2ccco2)C1. The first kappa shape index (κ1) is 15.6. The second-order valence-electron chi connectivity index (χ2n) is 6.64. The number of furan rings is 1. The zero-order valence-electron chi connectivity index (χ0n) is 13.0. The van der Waals surface area contributed by atoms with Crippen LogP contribution in [0, 0.1) is 11.3 Å². The molecule has 1 aromatic rings. The number of carbonyl (C=O) groups is 2. The summed E-state index contributed by atoms with van der Waals surface area (Å²) in [6.07, 6.45) is 3.30. The summed E-state index contributed by atoms with van der Waals surface area (Å²) in [5.41, 5.74) is -0.396. The Bertz CT molecular complexity index is 488. The van der Waals surface area contributed by atoms with Crippen LogP contribution in [0.2, 0.25) is 0 Å². The van der Waals surface area contributed by atoms with Gasteiger partial charge in [0.25, 0.3) is 0 Å². The molecule has 2 amide bonds. The Kier molecular flexibility index (Phi) is 4.70. The summed E-state index contributed by atoms with van der Waals surface area (Å²) in [6.45, 7) is 7.40. The van der Waals surface area contributed by atoms with E-state index in [1.165, 1.54) is 0 Å². The molecule has 0 aromatic carbocycles. The normalized spacial score (nSPS) is 19.4. The molecule has 1 aromatic heterocycles. The molecule has 1 aliphatic heterocycles.